The quantitative estimate of drug-likeness (QED) is 0.730. The van der Waals surface area contributed by atoms with Crippen LogP contribution in [0.1, 0.15) is 50.2 Å². The molecule has 1 nitrogen and oxygen atoms in total. The number of benzene rings is 1. The van der Waals surface area contributed by atoms with Gasteiger partial charge in [0.1, 0.15) is 5.75 Å². The van der Waals surface area contributed by atoms with Gasteiger partial charge < -0.3 is 4.74 Å². The number of rotatable bonds is 5. The summed E-state index contributed by atoms with van der Waals surface area (Å²) in [5.74, 6) is 2.30. The van der Waals surface area contributed by atoms with Crippen molar-refractivity contribution in [2.24, 2.45) is 5.41 Å². The van der Waals surface area contributed by atoms with E-state index in [1.165, 1.54) is 19.3 Å². The minimum absolute atomic E-state index is 0.299. The number of hydrogen-bond acceptors (Lipinski definition) is 2. The first-order valence-corrected chi connectivity index (χ1v) is 8.02. The van der Waals surface area contributed by atoms with Crippen LogP contribution in [0.4, 0.5) is 0 Å². The van der Waals surface area contributed by atoms with Crippen molar-refractivity contribution in [2.75, 3.05) is 12.4 Å². The molecule has 0 saturated heterocycles. The Labute approximate surface area is 127 Å². The molecule has 1 saturated carbocycles. The van der Waals surface area contributed by atoms with Crippen LogP contribution in [-0.2, 0) is 0 Å². The van der Waals surface area contributed by atoms with Crippen molar-refractivity contribution in [1.29, 1.82) is 0 Å². The van der Waals surface area contributed by atoms with E-state index in [1.54, 1.807) is 0 Å². The van der Waals surface area contributed by atoms with Crippen LogP contribution in [0.15, 0.2) is 12.1 Å². The topological polar surface area (TPSA) is 9.23 Å². The molecule has 0 bridgehead atoms. The minimum atomic E-state index is 0.299. The normalized spacial score (nSPS) is 17.4. The Morgan fingerprint density at radius 1 is 1.37 bits per heavy atom. The van der Waals surface area contributed by atoms with Crippen molar-refractivity contribution in [3.8, 4) is 5.75 Å². The van der Waals surface area contributed by atoms with E-state index in [2.05, 4.69) is 39.5 Å². The molecule has 2 rings (SSSR count). The van der Waals surface area contributed by atoms with Gasteiger partial charge in [-0.05, 0) is 54.7 Å². The summed E-state index contributed by atoms with van der Waals surface area (Å²) in [7, 11) is 0. The smallest absolute Gasteiger partial charge is 0.122 e. The summed E-state index contributed by atoms with van der Waals surface area (Å²) < 4.78 is 6.07. The summed E-state index contributed by atoms with van der Waals surface area (Å²) >= 11 is 10.8. The highest BCUT2D eigenvalue weighted by Gasteiger charge is 2.36. The van der Waals surface area contributed by atoms with Crippen molar-refractivity contribution in [1.82, 2.24) is 0 Å². The Morgan fingerprint density at radius 2 is 2.05 bits per heavy atom. The molecule has 1 aromatic carbocycles. The van der Waals surface area contributed by atoms with E-state index in [0.717, 1.165) is 34.3 Å². The molecule has 3 heteroatoms. The summed E-state index contributed by atoms with van der Waals surface area (Å²) in [4.78, 5) is 0. The van der Waals surface area contributed by atoms with Gasteiger partial charge in [-0.15, -0.1) is 0 Å². The molecule has 1 aliphatic carbocycles. The molecule has 0 N–H and O–H groups in total. The molecule has 1 aromatic rings. The second-order valence-electron chi connectivity index (χ2n) is 6.09. The zero-order chi connectivity index (χ0) is 14.0. The van der Waals surface area contributed by atoms with Crippen LogP contribution in [-0.4, -0.2) is 12.4 Å². The molecule has 1 aliphatic rings. The van der Waals surface area contributed by atoms with Crippen molar-refractivity contribution in [3.63, 3.8) is 0 Å². The Balaban J connectivity index is 2.13. The van der Waals surface area contributed by atoms with Crippen molar-refractivity contribution in [3.05, 3.63) is 28.3 Å². The van der Waals surface area contributed by atoms with Crippen LogP contribution in [0.3, 0.4) is 0 Å². The van der Waals surface area contributed by atoms with E-state index in [1.807, 2.05) is 6.07 Å². The van der Waals surface area contributed by atoms with Crippen LogP contribution in [0.5, 0.6) is 5.75 Å². The van der Waals surface area contributed by atoms with Gasteiger partial charge >= 0.3 is 0 Å². The molecule has 106 valence electrons. The van der Waals surface area contributed by atoms with Gasteiger partial charge in [-0.25, -0.2) is 0 Å². The highest BCUT2D eigenvalue weighted by atomic mass is 35.5. The van der Waals surface area contributed by atoms with Gasteiger partial charge in [0.15, 0.2) is 0 Å². The lowest BCUT2D eigenvalue weighted by molar-refractivity contribution is 0.0825. The maximum atomic E-state index is 6.28. The zero-order valence-corrected chi connectivity index (χ0v) is 13.7. The van der Waals surface area contributed by atoms with Gasteiger partial charge in [0.25, 0.3) is 0 Å². The Bertz CT molecular complexity index is 447. The lowest BCUT2D eigenvalue weighted by Crippen LogP contribution is -2.37. The monoisotopic (exact) mass is 298 g/mol. The van der Waals surface area contributed by atoms with Crippen LogP contribution >= 0.6 is 24.2 Å². The average Bonchev–Trinajstić information content (AvgIpc) is 2.30. The predicted molar refractivity (Wildman–Crippen MR) is 85.9 cm³/mol. The van der Waals surface area contributed by atoms with Gasteiger partial charge in [-0.2, -0.15) is 12.6 Å². The van der Waals surface area contributed by atoms with Crippen LogP contribution < -0.4 is 4.74 Å². The third-order valence-corrected chi connectivity index (χ3v) is 5.20. The number of hydrogen-bond donors (Lipinski definition) is 1. The fourth-order valence-electron chi connectivity index (χ4n) is 2.52. The number of ether oxygens (including phenoxy) is 1. The first-order chi connectivity index (χ1) is 8.97. The fraction of sp³-hybridized carbons (Fsp3) is 0.625. The molecule has 0 amide bonds. The zero-order valence-electron chi connectivity index (χ0n) is 12.0. The summed E-state index contributed by atoms with van der Waals surface area (Å²) in [5.41, 5.74) is 2.58. The van der Waals surface area contributed by atoms with Crippen molar-refractivity contribution >= 4 is 24.2 Å². The van der Waals surface area contributed by atoms with E-state index in [9.17, 15) is 0 Å². The summed E-state index contributed by atoms with van der Waals surface area (Å²) in [6.45, 7) is 7.14. The standard InChI is InChI=1S/C16H23ClOS/c1-11(2)13-8-15(12(3)7-14(13)17)18-9-16(10-19)5-4-6-16/h7-8,11,19H,4-6,9-10H2,1-3H3. The van der Waals surface area contributed by atoms with Crippen LogP contribution in [0.25, 0.3) is 0 Å². The molecule has 0 radical (unpaired) electrons. The largest absolute Gasteiger partial charge is 0.493 e. The second kappa shape index (κ2) is 5.97. The van der Waals surface area contributed by atoms with E-state index in [0.29, 0.717) is 11.3 Å². The van der Waals surface area contributed by atoms with Crippen LogP contribution in [0, 0.1) is 12.3 Å². The Kier molecular flexibility index (Phi) is 4.73. The highest BCUT2D eigenvalue weighted by Crippen LogP contribution is 2.42. The van der Waals surface area contributed by atoms with Crippen LogP contribution in [0.2, 0.25) is 5.02 Å². The van der Waals surface area contributed by atoms with E-state index in [4.69, 9.17) is 16.3 Å². The third kappa shape index (κ3) is 3.22. The molecule has 1 fully saturated rings. The maximum absolute atomic E-state index is 6.28. The molecular weight excluding hydrogens is 276 g/mol. The van der Waals surface area contributed by atoms with Gasteiger partial charge in [-0.1, -0.05) is 31.9 Å². The maximum Gasteiger partial charge on any atom is 0.122 e. The first-order valence-electron chi connectivity index (χ1n) is 7.01. The van der Waals surface area contributed by atoms with E-state index < -0.39 is 0 Å². The molecule has 0 spiro atoms. The molecule has 0 unspecified atom stereocenters. The highest BCUT2D eigenvalue weighted by molar-refractivity contribution is 7.80. The van der Waals surface area contributed by atoms with Crippen molar-refractivity contribution < 1.29 is 4.74 Å². The predicted octanol–water partition coefficient (Wildman–Crippen LogP) is 5.25. The summed E-state index contributed by atoms with van der Waals surface area (Å²) in [6.07, 6.45) is 3.78. The first kappa shape index (κ1) is 15.1. The molecule has 0 atom stereocenters. The Hall–Kier alpha value is -0.340. The fourth-order valence-corrected chi connectivity index (χ4v) is 3.37. The molecule has 19 heavy (non-hydrogen) atoms. The van der Waals surface area contributed by atoms with E-state index in [-0.39, 0.29) is 0 Å². The van der Waals surface area contributed by atoms with Gasteiger partial charge in [0.2, 0.25) is 0 Å². The third-order valence-electron chi connectivity index (χ3n) is 4.20. The van der Waals surface area contributed by atoms with Gasteiger partial charge in [0, 0.05) is 10.4 Å². The molecule has 0 heterocycles. The van der Waals surface area contributed by atoms with Gasteiger partial charge in [-0.3, -0.25) is 0 Å². The number of aryl methyl sites for hydroxylation is 1. The lowest BCUT2D eigenvalue weighted by atomic mass is 9.71. The summed E-state index contributed by atoms with van der Waals surface area (Å²) in [6, 6.07) is 4.12. The second-order valence-corrected chi connectivity index (χ2v) is 6.82. The Morgan fingerprint density at radius 3 is 2.53 bits per heavy atom. The molecule has 0 aromatic heterocycles. The lowest BCUT2D eigenvalue weighted by Gasteiger charge is -2.40. The number of halogens is 1. The SMILES string of the molecule is Cc1cc(Cl)c(C(C)C)cc1OCC1(CS)CCC1. The molecule has 0 aliphatic heterocycles. The average molecular weight is 299 g/mol. The molecular formula is C16H23ClOS. The van der Waals surface area contributed by atoms with E-state index >= 15 is 0 Å². The minimum Gasteiger partial charge on any atom is -0.493 e. The summed E-state index contributed by atoms with van der Waals surface area (Å²) in [5, 5.41) is 0.840. The van der Waals surface area contributed by atoms with Gasteiger partial charge in [0.05, 0.1) is 6.61 Å². The van der Waals surface area contributed by atoms with Crippen molar-refractivity contribution in [2.45, 2.75) is 46.0 Å². The number of thiol groups is 1.